The summed E-state index contributed by atoms with van der Waals surface area (Å²) in [4.78, 5) is 24.7. The van der Waals surface area contributed by atoms with E-state index in [1.807, 2.05) is 0 Å². The number of hydrogen-bond donors (Lipinski definition) is 2. The van der Waals surface area contributed by atoms with Crippen molar-refractivity contribution in [3.63, 3.8) is 0 Å². The Balaban J connectivity index is 1.68. The van der Waals surface area contributed by atoms with Crippen LogP contribution in [0.3, 0.4) is 0 Å². The van der Waals surface area contributed by atoms with Gasteiger partial charge in [0.2, 0.25) is 0 Å². The minimum atomic E-state index is -4.49. The molecule has 2 aliphatic rings. The fraction of sp³-hybridized carbons (Fsp3) is 0.333. The number of carbonyl (C=O) groups is 2. The number of alkyl halides is 3. The lowest BCUT2D eigenvalue weighted by Crippen LogP contribution is -2.32. The van der Waals surface area contributed by atoms with Gasteiger partial charge in [-0.15, -0.1) is 0 Å². The molecular weight excluding hydrogens is 505 g/mol. The minimum Gasteiger partial charge on any atom is -0.489 e. The maximum atomic E-state index is 13.2. The fourth-order valence-corrected chi connectivity index (χ4v) is 4.01. The van der Waals surface area contributed by atoms with Gasteiger partial charge in [-0.3, -0.25) is 0 Å². The zero-order chi connectivity index (χ0) is 27.4. The summed E-state index contributed by atoms with van der Waals surface area (Å²) in [6, 6.07) is 11.6. The Morgan fingerprint density at radius 2 is 1.68 bits per heavy atom. The number of allylic oxidation sites excluding steroid dienone is 2. The van der Waals surface area contributed by atoms with Crippen molar-refractivity contribution in [1.82, 2.24) is 10.6 Å². The average Bonchev–Trinajstić information content (AvgIpc) is 3.69. The van der Waals surface area contributed by atoms with Crippen LogP contribution >= 0.6 is 0 Å². The Morgan fingerprint density at radius 1 is 1.00 bits per heavy atom. The highest BCUT2D eigenvalue weighted by Gasteiger charge is 2.37. The molecule has 0 spiro atoms. The van der Waals surface area contributed by atoms with Crippen molar-refractivity contribution >= 4 is 12.2 Å². The standard InChI is InChI=1S/C27H27F3N2O6/c1-15-23(37-25(33)32-19-11-12-19)22(24(16(2)31-15)38-26(34)35-3)20-9-4-5-10-21(20)36-14-17-7-6-8-18(13-17)27(28,29)30/h4-10,13,19,22,31H,11-12,14H2,1-3H3,(H,32,33). The van der Waals surface area contributed by atoms with Crippen molar-refractivity contribution in [3.8, 4) is 5.75 Å². The monoisotopic (exact) mass is 532 g/mol. The van der Waals surface area contributed by atoms with Gasteiger partial charge in [0.25, 0.3) is 0 Å². The maximum Gasteiger partial charge on any atom is 0.513 e. The summed E-state index contributed by atoms with van der Waals surface area (Å²) in [6.07, 6.45) is -4.41. The lowest BCUT2D eigenvalue weighted by atomic mass is 9.90. The number of methoxy groups -OCH3 is 1. The lowest BCUT2D eigenvalue weighted by Gasteiger charge is -2.31. The molecule has 8 nitrogen and oxygen atoms in total. The molecule has 1 heterocycles. The minimum absolute atomic E-state index is 0.0459. The number of rotatable bonds is 7. The van der Waals surface area contributed by atoms with Gasteiger partial charge in [0.15, 0.2) is 0 Å². The summed E-state index contributed by atoms with van der Waals surface area (Å²) < 4.78 is 61.3. The smallest absolute Gasteiger partial charge is 0.489 e. The van der Waals surface area contributed by atoms with E-state index in [-0.39, 0.29) is 24.2 Å². The first-order valence-electron chi connectivity index (χ1n) is 11.9. The third-order valence-electron chi connectivity index (χ3n) is 5.98. The Hall–Kier alpha value is -4.15. The third-order valence-corrected chi connectivity index (χ3v) is 5.98. The molecule has 1 amide bonds. The topological polar surface area (TPSA) is 95.1 Å². The van der Waals surface area contributed by atoms with Crippen LogP contribution in [0.15, 0.2) is 71.4 Å². The zero-order valence-electron chi connectivity index (χ0n) is 21.0. The molecule has 1 unspecified atom stereocenters. The second-order valence-electron chi connectivity index (χ2n) is 8.93. The summed E-state index contributed by atoms with van der Waals surface area (Å²) in [7, 11) is 1.16. The maximum absolute atomic E-state index is 13.2. The summed E-state index contributed by atoms with van der Waals surface area (Å²) in [6.45, 7) is 3.22. The van der Waals surface area contributed by atoms with Crippen molar-refractivity contribution < 1.29 is 41.7 Å². The van der Waals surface area contributed by atoms with Crippen molar-refractivity contribution in [2.45, 2.75) is 51.4 Å². The van der Waals surface area contributed by atoms with Crippen molar-refractivity contribution in [2.75, 3.05) is 7.11 Å². The number of benzene rings is 2. The molecule has 0 aromatic heterocycles. The van der Waals surface area contributed by atoms with Crippen LogP contribution in [0, 0.1) is 0 Å². The van der Waals surface area contributed by atoms with Gasteiger partial charge in [-0.05, 0) is 50.5 Å². The number of carbonyl (C=O) groups excluding carboxylic acids is 2. The van der Waals surface area contributed by atoms with Gasteiger partial charge in [-0.25, -0.2) is 9.59 Å². The van der Waals surface area contributed by atoms with Crippen LogP contribution in [0.1, 0.15) is 49.3 Å². The molecule has 1 atom stereocenters. The number of hydrogen-bond acceptors (Lipinski definition) is 7. The van der Waals surface area contributed by atoms with Gasteiger partial charge in [0.05, 0.1) is 24.1 Å². The van der Waals surface area contributed by atoms with Crippen LogP contribution < -0.4 is 15.4 Å². The number of halogens is 3. The van der Waals surface area contributed by atoms with E-state index < -0.39 is 29.9 Å². The van der Waals surface area contributed by atoms with E-state index in [1.165, 1.54) is 12.1 Å². The van der Waals surface area contributed by atoms with E-state index in [1.54, 1.807) is 38.1 Å². The van der Waals surface area contributed by atoms with Crippen molar-refractivity contribution in [2.24, 2.45) is 0 Å². The molecular formula is C27H27F3N2O6. The number of para-hydroxylation sites is 1. The third kappa shape index (κ3) is 6.39. The predicted molar refractivity (Wildman–Crippen MR) is 130 cm³/mol. The second-order valence-corrected chi connectivity index (χ2v) is 8.93. The van der Waals surface area contributed by atoms with Gasteiger partial charge in [0, 0.05) is 11.6 Å². The van der Waals surface area contributed by atoms with Gasteiger partial charge in [0.1, 0.15) is 29.8 Å². The quantitative estimate of drug-likeness (QED) is 0.416. The molecule has 2 aromatic rings. The van der Waals surface area contributed by atoms with Crippen LogP contribution in [0.2, 0.25) is 0 Å². The Kier molecular flexibility index (Phi) is 7.84. The van der Waals surface area contributed by atoms with Gasteiger partial charge in [-0.1, -0.05) is 30.3 Å². The summed E-state index contributed by atoms with van der Waals surface area (Å²) in [5.74, 6) is -0.320. The first kappa shape index (κ1) is 26.9. The summed E-state index contributed by atoms with van der Waals surface area (Å²) in [5.41, 5.74) is 0.967. The van der Waals surface area contributed by atoms with Gasteiger partial charge in [-0.2, -0.15) is 13.2 Å². The van der Waals surface area contributed by atoms with Crippen molar-refractivity contribution in [3.05, 3.63) is 88.1 Å². The molecule has 1 saturated carbocycles. The van der Waals surface area contributed by atoms with E-state index in [0.717, 1.165) is 32.1 Å². The highest BCUT2D eigenvalue weighted by atomic mass is 19.4. The first-order valence-corrected chi connectivity index (χ1v) is 11.9. The molecule has 1 fully saturated rings. The number of alkyl carbamates (subject to hydrolysis) is 1. The first-order chi connectivity index (χ1) is 18.1. The van der Waals surface area contributed by atoms with Crippen LogP contribution in [0.5, 0.6) is 5.75 Å². The van der Waals surface area contributed by atoms with Crippen LogP contribution in [-0.4, -0.2) is 25.4 Å². The molecule has 202 valence electrons. The Bertz CT molecular complexity index is 1280. The number of amides is 1. The van der Waals surface area contributed by atoms with E-state index >= 15 is 0 Å². The largest absolute Gasteiger partial charge is 0.513 e. The summed E-state index contributed by atoms with van der Waals surface area (Å²) in [5, 5.41) is 5.81. The summed E-state index contributed by atoms with van der Waals surface area (Å²) >= 11 is 0. The molecule has 4 rings (SSSR count). The van der Waals surface area contributed by atoms with Gasteiger partial charge >= 0.3 is 18.4 Å². The van der Waals surface area contributed by atoms with Crippen molar-refractivity contribution in [1.29, 1.82) is 0 Å². The lowest BCUT2D eigenvalue weighted by molar-refractivity contribution is -0.137. The Labute approximate surface area is 217 Å². The van der Waals surface area contributed by atoms with Crippen LogP contribution in [-0.2, 0) is 27.0 Å². The van der Waals surface area contributed by atoms with Crippen LogP contribution in [0.4, 0.5) is 22.8 Å². The molecule has 0 bridgehead atoms. The van der Waals surface area contributed by atoms with Gasteiger partial charge < -0.3 is 29.6 Å². The molecule has 2 aromatic carbocycles. The highest BCUT2D eigenvalue weighted by Crippen LogP contribution is 2.43. The van der Waals surface area contributed by atoms with E-state index in [4.69, 9.17) is 14.2 Å². The highest BCUT2D eigenvalue weighted by molar-refractivity contribution is 5.70. The average molecular weight is 533 g/mol. The molecule has 1 aliphatic heterocycles. The molecule has 1 aliphatic carbocycles. The normalized spacial score (nSPS) is 17.5. The van der Waals surface area contributed by atoms with E-state index in [2.05, 4.69) is 15.4 Å². The molecule has 0 radical (unpaired) electrons. The SMILES string of the molecule is COC(=O)OC1=C(C)NC(C)=C(OC(=O)NC2CC2)C1c1ccccc1OCc1cccc(C(F)(F)F)c1. The van der Waals surface area contributed by atoms with E-state index in [9.17, 15) is 22.8 Å². The molecule has 38 heavy (non-hydrogen) atoms. The molecule has 11 heteroatoms. The zero-order valence-corrected chi connectivity index (χ0v) is 21.0. The number of ether oxygens (including phenoxy) is 4. The van der Waals surface area contributed by atoms with Crippen LogP contribution in [0.25, 0.3) is 0 Å². The number of nitrogens with one attached hydrogen (secondary N) is 2. The number of dihydropyridines is 1. The predicted octanol–water partition coefficient (Wildman–Crippen LogP) is 6.11. The fourth-order valence-electron chi connectivity index (χ4n) is 4.01. The molecule has 0 saturated heterocycles. The molecule has 2 N–H and O–H groups in total. The van der Waals surface area contributed by atoms with E-state index in [0.29, 0.717) is 28.3 Å². The second kappa shape index (κ2) is 11.1. The Morgan fingerprint density at radius 3 is 2.34 bits per heavy atom.